The predicted octanol–water partition coefficient (Wildman–Crippen LogP) is 5.29. The lowest BCUT2D eigenvalue weighted by Crippen LogP contribution is -2.14. The number of benzene rings is 2. The summed E-state index contributed by atoms with van der Waals surface area (Å²) in [6.45, 7) is 4.19. The highest BCUT2D eigenvalue weighted by molar-refractivity contribution is 6.30. The molecule has 1 heterocycles. The molecule has 3 rings (SSSR count). The van der Waals surface area contributed by atoms with Crippen molar-refractivity contribution in [2.24, 2.45) is 0 Å². The summed E-state index contributed by atoms with van der Waals surface area (Å²) in [7, 11) is 0. The number of halogens is 1. The molecule has 0 aliphatic carbocycles. The van der Waals surface area contributed by atoms with Gasteiger partial charge in [0.15, 0.2) is 0 Å². The number of aryl methyl sites for hydroxylation is 1. The van der Waals surface area contributed by atoms with E-state index in [0.29, 0.717) is 10.6 Å². The van der Waals surface area contributed by atoms with E-state index in [1.807, 2.05) is 53.2 Å². The minimum atomic E-state index is -0.141. The molecule has 0 unspecified atom stereocenters. The Morgan fingerprint density at radius 3 is 2.38 bits per heavy atom. The average molecular weight is 368 g/mol. The van der Waals surface area contributed by atoms with Crippen molar-refractivity contribution < 1.29 is 4.79 Å². The number of aromatic nitrogens is 2. The molecule has 1 amide bonds. The molecule has 4 nitrogen and oxygen atoms in total. The minimum absolute atomic E-state index is 0.141. The van der Waals surface area contributed by atoms with Gasteiger partial charge < -0.3 is 5.32 Å². The lowest BCUT2D eigenvalue weighted by molar-refractivity contribution is 0.102. The Balaban J connectivity index is 1.88. The molecule has 0 atom stereocenters. The minimum Gasteiger partial charge on any atom is -0.322 e. The van der Waals surface area contributed by atoms with Crippen LogP contribution in [0.5, 0.6) is 0 Å². The third-order valence-corrected chi connectivity index (χ3v) is 4.54. The Hall–Kier alpha value is -2.59. The van der Waals surface area contributed by atoms with Gasteiger partial charge in [-0.25, -0.2) is 4.68 Å². The highest BCUT2D eigenvalue weighted by atomic mass is 35.5. The van der Waals surface area contributed by atoms with Gasteiger partial charge in [0.2, 0.25) is 0 Å². The summed E-state index contributed by atoms with van der Waals surface area (Å²) in [6.07, 6.45) is 4.29. The first kappa shape index (κ1) is 18.2. The van der Waals surface area contributed by atoms with Gasteiger partial charge in [-0.05, 0) is 54.8 Å². The molecule has 0 fully saturated rings. The van der Waals surface area contributed by atoms with E-state index < -0.39 is 0 Å². The summed E-state index contributed by atoms with van der Waals surface area (Å²) in [5, 5.41) is 8.08. The standard InChI is InChI=1S/C21H22ClN3O/c1-3-5-20-19(14-23-25(20)18-12-8-16(22)9-13-18)21(26)24-17-10-6-15(4-2)7-11-17/h6-14H,3-5H2,1-2H3,(H,24,26). The highest BCUT2D eigenvalue weighted by Gasteiger charge is 2.18. The zero-order valence-electron chi connectivity index (χ0n) is 15.0. The van der Waals surface area contributed by atoms with Gasteiger partial charge >= 0.3 is 0 Å². The molecular weight excluding hydrogens is 346 g/mol. The van der Waals surface area contributed by atoms with E-state index in [-0.39, 0.29) is 5.91 Å². The van der Waals surface area contributed by atoms with Crippen LogP contribution in [-0.2, 0) is 12.8 Å². The summed E-state index contributed by atoms with van der Waals surface area (Å²) in [4.78, 5) is 12.8. The van der Waals surface area contributed by atoms with Gasteiger partial charge in [-0.2, -0.15) is 5.10 Å². The van der Waals surface area contributed by atoms with Crippen molar-refractivity contribution in [2.45, 2.75) is 33.1 Å². The summed E-state index contributed by atoms with van der Waals surface area (Å²) in [5.41, 5.74) is 4.42. The molecule has 0 radical (unpaired) electrons. The molecule has 1 N–H and O–H groups in total. The van der Waals surface area contributed by atoms with E-state index in [0.717, 1.165) is 36.3 Å². The maximum atomic E-state index is 12.8. The van der Waals surface area contributed by atoms with Gasteiger partial charge in [-0.15, -0.1) is 0 Å². The fourth-order valence-corrected chi connectivity index (χ4v) is 2.99. The van der Waals surface area contributed by atoms with Gasteiger partial charge in [-0.3, -0.25) is 4.79 Å². The fraction of sp³-hybridized carbons (Fsp3) is 0.238. The first-order valence-electron chi connectivity index (χ1n) is 8.85. The third-order valence-electron chi connectivity index (χ3n) is 4.29. The third kappa shape index (κ3) is 3.97. The average Bonchev–Trinajstić information content (AvgIpc) is 3.07. The maximum absolute atomic E-state index is 12.8. The monoisotopic (exact) mass is 367 g/mol. The zero-order chi connectivity index (χ0) is 18.5. The number of hydrogen-bond acceptors (Lipinski definition) is 2. The van der Waals surface area contributed by atoms with E-state index in [4.69, 9.17) is 11.6 Å². The van der Waals surface area contributed by atoms with E-state index in [2.05, 4.69) is 24.3 Å². The molecule has 0 spiro atoms. The Morgan fingerprint density at radius 2 is 1.77 bits per heavy atom. The van der Waals surface area contributed by atoms with Gasteiger partial charge in [0.05, 0.1) is 23.1 Å². The summed E-state index contributed by atoms with van der Waals surface area (Å²) in [6, 6.07) is 15.4. The van der Waals surface area contributed by atoms with Crippen LogP contribution in [0.1, 0.15) is 41.9 Å². The molecule has 134 valence electrons. The number of rotatable bonds is 6. The number of carbonyl (C=O) groups excluding carboxylic acids is 1. The number of hydrogen-bond donors (Lipinski definition) is 1. The highest BCUT2D eigenvalue weighted by Crippen LogP contribution is 2.20. The predicted molar refractivity (Wildman–Crippen MR) is 106 cm³/mol. The lowest BCUT2D eigenvalue weighted by atomic mass is 10.1. The molecule has 0 bridgehead atoms. The van der Waals surface area contributed by atoms with Gasteiger partial charge in [0.1, 0.15) is 0 Å². The number of carbonyl (C=O) groups is 1. The number of amides is 1. The van der Waals surface area contributed by atoms with Crippen LogP contribution in [0.25, 0.3) is 5.69 Å². The van der Waals surface area contributed by atoms with E-state index in [1.165, 1.54) is 5.56 Å². The SMILES string of the molecule is CCCc1c(C(=O)Nc2ccc(CC)cc2)cnn1-c1ccc(Cl)cc1. The van der Waals surface area contributed by atoms with Crippen molar-refractivity contribution in [1.29, 1.82) is 0 Å². The Kier molecular flexibility index (Phi) is 5.74. The smallest absolute Gasteiger partial charge is 0.259 e. The van der Waals surface area contributed by atoms with E-state index in [1.54, 1.807) is 6.20 Å². The molecule has 5 heteroatoms. The first-order chi connectivity index (χ1) is 12.6. The number of nitrogens with one attached hydrogen (secondary N) is 1. The second kappa shape index (κ2) is 8.19. The number of anilines is 1. The Morgan fingerprint density at radius 1 is 1.08 bits per heavy atom. The molecule has 26 heavy (non-hydrogen) atoms. The molecule has 0 aliphatic heterocycles. The second-order valence-corrected chi connectivity index (χ2v) is 6.58. The van der Waals surface area contributed by atoms with E-state index >= 15 is 0 Å². The topological polar surface area (TPSA) is 46.9 Å². The second-order valence-electron chi connectivity index (χ2n) is 6.15. The van der Waals surface area contributed by atoms with Crippen LogP contribution in [0.2, 0.25) is 5.02 Å². The normalized spacial score (nSPS) is 10.7. The summed E-state index contributed by atoms with van der Waals surface area (Å²) < 4.78 is 1.81. The van der Waals surface area contributed by atoms with Crippen molar-refractivity contribution >= 4 is 23.2 Å². The summed E-state index contributed by atoms with van der Waals surface area (Å²) in [5.74, 6) is -0.141. The van der Waals surface area contributed by atoms with Crippen LogP contribution < -0.4 is 5.32 Å². The van der Waals surface area contributed by atoms with Crippen LogP contribution in [0, 0.1) is 0 Å². The van der Waals surface area contributed by atoms with Gasteiger partial charge in [-0.1, -0.05) is 44.0 Å². The lowest BCUT2D eigenvalue weighted by Gasteiger charge is -2.10. The van der Waals surface area contributed by atoms with Crippen LogP contribution in [0.3, 0.4) is 0 Å². The molecule has 1 aromatic heterocycles. The van der Waals surface area contributed by atoms with Gasteiger partial charge in [0, 0.05) is 10.7 Å². The van der Waals surface area contributed by atoms with Crippen molar-refractivity contribution in [1.82, 2.24) is 9.78 Å². The molecule has 0 saturated carbocycles. The molecular formula is C21H22ClN3O. The van der Waals surface area contributed by atoms with Crippen molar-refractivity contribution in [3.63, 3.8) is 0 Å². The van der Waals surface area contributed by atoms with Crippen molar-refractivity contribution in [2.75, 3.05) is 5.32 Å². The molecule has 0 aliphatic rings. The largest absolute Gasteiger partial charge is 0.322 e. The molecule has 3 aromatic rings. The number of nitrogens with zero attached hydrogens (tertiary/aromatic N) is 2. The molecule has 0 saturated heterocycles. The van der Waals surface area contributed by atoms with Crippen LogP contribution in [0.4, 0.5) is 5.69 Å². The van der Waals surface area contributed by atoms with Crippen LogP contribution in [0.15, 0.2) is 54.7 Å². The van der Waals surface area contributed by atoms with Gasteiger partial charge in [0.25, 0.3) is 5.91 Å². The summed E-state index contributed by atoms with van der Waals surface area (Å²) >= 11 is 5.97. The van der Waals surface area contributed by atoms with Crippen LogP contribution in [-0.4, -0.2) is 15.7 Å². The maximum Gasteiger partial charge on any atom is 0.259 e. The Bertz CT molecular complexity index is 883. The zero-order valence-corrected chi connectivity index (χ0v) is 15.8. The quantitative estimate of drug-likeness (QED) is 0.643. The van der Waals surface area contributed by atoms with Crippen molar-refractivity contribution in [3.8, 4) is 5.69 Å². The molecule has 2 aromatic carbocycles. The fourth-order valence-electron chi connectivity index (χ4n) is 2.87. The van der Waals surface area contributed by atoms with Crippen molar-refractivity contribution in [3.05, 3.63) is 76.6 Å². The Labute approximate surface area is 158 Å². The van der Waals surface area contributed by atoms with E-state index in [9.17, 15) is 4.79 Å². The first-order valence-corrected chi connectivity index (χ1v) is 9.23. The van der Waals surface area contributed by atoms with Crippen LogP contribution >= 0.6 is 11.6 Å².